The fourth-order valence-corrected chi connectivity index (χ4v) is 5.51. The van der Waals surface area contributed by atoms with Gasteiger partial charge in [-0.25, -0.2) is 0 Å². The van der Waals surface area contributed by atoms with Crippen molar-refractivity contribution in [1.29, 1.82) is 0 Å². The largest absolute Gasteiger partial charge is 0.303 e. The summed E-state index contributed by atoms with van der Waals surface area (Å²) >= 11 is 1.76. The van der Waals surface area contributed by atoms with Crippen molar-refractivity contribution in [3.63, 3.8) is 0 Å². The molecule has 4 nitrogen and oxygen atoms in total. The highest BCUT2D eigenvalue weighted by atomic mass is 32.2. The van der Waals surface area contributed by atoms with E-state index in [0.717, 1.165) is 26.1 Å². The first kappa shape index (κ1) is 19.5. The third-order valence-corrected chi connectivity index (χ3v) is 7.32. The average molecular weight is 394 g/mol. The molecule has 2 aromatic rings. The van der Waals surface area contributed by atoms with Gasteiger partial charge in [0, 0.05) is 23.3 Å². The normalized spacial score (nSPS) is 21.7. The molecule has 0 saturated carbocycles. The van der Waals surface area contributed by atoms with Crippen LogP contribution in [-0.4, -0.2) is 39.6 Å². The van der Waals surface area contributed by atoms with Crippen molar-refractivity contribution in [1.82, 2.24) is 4.90 Å². The molecule has 0 N–H and O–H groups in total. The van der Waals surface area contributed by atoms with E-state index in [4.69, 9.17) is 4.18 Å². The Morgan fingerprint density at radius 2 is 2.00 bits per heavy atom. The predicted octanol–water partition coefficient (Wildman–Crippen LogP) is 4.36. The second kappa shape index (κ2) is 9.13. The summed E-state index contributed by atoms with van der Waals surface area (Å²) in [6.07, 6.45) is 3.41. The molecule has 0 amide bonds. The zero-order valence-corrected chi connectivity index (χ0v) is 16.8. The number of nitrogens with zero attached hydrogens (tertiary/aromatic N) is 1. The van der Waals surface area contributed by atoms with E-state index >= 15 is 0 Å². The number of piperidine rings is 1. The lowest BCUT2D eigenvalue weighted by atomic mass is 9.85. The summed E-state index contributed by atoms with van der Waals surface area (Å²) in [5.41, 5.74) is 0. The van der Waals surface area contributed by atoms with Crippen molar-refractivity contribution in [2.45, 2.75) is 37.0 Å². The number of hydrogen-bond acceptors (Lipinski definition) is 5. The molecule has 1 saturated heterocycles. The Balaban J connectivity index is 1.70. The van der Waals surface area contributed by atoms with Gasteiger partial charge in [0.05, 0.1) is 11.5 Å². The van der Waals surface area contributed by atoms with Gasteiger partial charge in [-0.2, -0.15) is 8.42 Å². The number of hydrogen-bond donors (Lipinski definition) is 0. The molecule has 1 aromatic carbocycles. The van der Waals surface area contributed by atoms with E-state index in [1.807, 2.05) is 0 Å². The van der Waals surface area contributed by atoms with Gasteiger partial charge in [-0.15, -0.1) is 11.3 Å². The lowest BCUT2D eigenvalue weighted by Gasteiger charge is -2.38. The Morgan fingerprint density at radius 1 is 1.19 bits per heavy atom. The Morgan fingerprint density at radius 3 is 2.69 bits per heavy atom. The first-order valence-electron chi connectivity index (χ1n) is 9.30. The lowest BCUT2D eigenvalue weighted by molar-refractivity contribution is 0.113. The minimum atomic E-state index is -3.70. The molecule has 6 heteroatoms. The molecule has 0 radical (unpaired) electrons. The van der Waals surface area contributed by atoms with Crippen LogP contribution >= 0.6 is 11.3 Å². The smallest absolute Gasteiger partial charge is 0.296 e. The summed E-state index contributed by atoms with van der Waals surface area (Å²) in [5.74, 6) is 0.566. The van der Waals surface area contributed by atoms with Crippen LogP contribution in [0.25, 0.3) is 0 Å². The third kappa shape index (κ3) is 4.94. The maximum absolute atomic E-state index is 12.5. The van der Waals surface area contributed by atoms with Crippen LogP contribution in [0.1, 0.15) is 37.0 Å². The SMILES string of the molecule is CCCCN1CCC(c2cccs2)C(COS(=O)(=O)c2ccccc2)C1. The monoisotopic (exact) mass is 393 g/mol. The summed E-state index contributed by atoms with van der Waals surface area (Å²) in [5, 5.41) is 2.09. The van der Waals surface area contributed by atoms with E-state index in [9.17, 15) is 8.42 Å². The maximum Gasteiger partial charge on any atom is 0.296 e. The standard InChI is InChI=1S/C20H27NO3S2/c1-2-3-12-21-13-11-19(20-10-7-14-25-20)17(15-21)16-24-26(22,23)18-8-5-4-6-9-18/h4-10,14,17,19H,2-3,11-13,15-16H2,1H3. The molecule has 2 unspecified atom stereocenters. The maximum atomic E-state index is 12.5. The van der Waals surface area contributed by atoms with Crippen LogP contribution in [0.15, 0.2) is 52.7 Å². The summed E-state index contributed by atoms with van der Waals surface area (Å²) in [7, 11) is -3.70. The Labute approximate surface area is 160 Å². The first-order chi connectivity index (χ1) is 12.6. The number of likely N-dealkylation sites (tertiary alicyclic amines) is 1. The van der Waals surface area contributed by atoms with Crippen molar-refractivity contribution in [3.8, 4) is 0 Å². The fraction of sp³-hybridized carbons (Fsp3) is 0.500. The van der Waals surface area contributed by atoms with Crippen LogP contribution in [0.3, 0.4) is 0 Å². The molecule has 1 aromatic heterocycles. The average Bonchev–Trinajstić information content (AvgIpc) is 3.20. The summed E-state index contributed by atoms with van der Waals surface area (Å²) in [6.45, 7) is 5.49. The highest BCUT2D eigenvalue weighted by Crippen LogP contribution is 2.36. The van der Waals surface area contributed by atoms with Crippen molar-refractivity contribution < 1.29 is 12.6 Å². The molecule has 0 spiro atoms. The van der Waals surface area contributed by atoms with E-state index in [1.165, 1.54) is 17.7 Å². The molecule has 2 heterocycles. The van der Waals surface area contributed by atoms with Crippen LogP contribution in [-0.2, 0) is 14.3 Å². The predicted molar refractivity (Wildman–Crippen MR) is 106 cm³/mol. The van der Waals surface area contributed by atoms with Crippen LogP contribution in [0.5, 0.6) is 0 Å². The fourth-order valence-electron chi connectivity index (χ4n) is 3.57. The number of rotatable bonds is 8. The van der Waals surface area contributed by atoms with Gasteiger partial charge in [-0.3, -0.25) is 4.18 Å². The van der Waals surface area contributed by atoms with Crippen molar-refractivity contribution in [3.05, 3.63) is 52.7 Å². The van der Waals surface area contributed by atoms with E-state index in [-0.39, 0.29) is 17.4 Å². The minimum absolute atomic E-state index is 0.192. The Bertz CT molecular complexity index is 760. The van der Waals surface area contributed by atoms with Crippen LogP contribution in [0.2, 0.25) is 0 Å². The first-order valence-corrected chi connectivity index (χ1v) is 11.6. The second-order valence-electron chi connectivity index (χ2n) is 6.88. The quantitative estimate of drug-likeness (QED) is 0.625. The Hall–Kier alpha value is -1.21. The van der Waals surface area contributed by atoms with Gasteiger partial charge in [0.25, 0.3) is 10.1 Å². The number of unbranched alkanes of at least 4 members (excludes halogenated alkanes) is 1. The lowest BCUT2D eigenvalue weighted by Crippen LogP contribution is -2.41. The number of benzene rings is 1. The molecule has 3 rings (SSSR count). The summed E-state index contributed by atoms with van der Waals surface area (Å²) in [6, 6.07) is 12.6. The molecule has 0 bridgehead atoms. The van der Waals surface area contributed by atoms with Gasteiger partial charge < -0.3 is 4.90 Å². The highest BCUT2D eigenvalue weighted by Gasteiger charge is 2.32. The van der Waals surface area contributed by atoms with E-state index in [1.54, 1.807) is 41.7 Å². The van der Waals surface area contributed by atoms with E-state index < -0.39 is 10.1 Å². The van der Waals surface area contributed by atoms with Gasteiger partial charge in [0.2, 0.25) is 0 Å². The van der Waals surface area contributed by atoms with Crippen molar-refractivity contribution in [2.75, 3.05) is 26.2 Å². The van der Waals surface area contributed by atoms with Crippen LogP contribution in [0.4, 0.5) is 0 Å². The second-order valence-corrected chi connectivity index (χ2v) is 9.47. The van der Waals surface area contributed by atoms with Crippen molar-refractivity contribution in [2.24, 2.45) is 5.92 Å². The topological polar surface area (TPSA) is 46.6 Å². The molecular weight excluding hydrogens is 366 g/mol. The molecular formula is C20H27NO3S2. The van der Waals surface area contributed by atoms with E-state index in [2.05, 4.69) is 29.3 Å². The van der Waals surface area contributed by atoms with Crippen LogP contribution < -0.4 is 0 Å². The molecule has 26 heavy (non-hydrogen) atoms. The Kier molecular flexibility index (Phi) is 6.86. The minimum Gasteiger partial charge on any atom is -0.303 e. The van der Waals surface area contributed by atoms with Gasteiger partial charge in [-0.05, 0) is 49.5 Å². The summed E-state index contributed by atoms with van der Waals surface area (Å²) < 4.78 is 30.5. The molecule has 1 aliphatic rings. The van der Waals surface area contributed by atoms with Gasteiger partial charge >= 0.3 is 0 Å². The van der Waals surface area contributed by atoms with Crippen LogP contribution in [0, 0.1) is 5.92 Å². The molecule has 142 valence electrons. The van der Waals surface area contributed by atoms with Gasteiger partial charge in [0.15, 0.2) is 0 Å². The zero-order chi connectivity index (χ0) is 18.4. The number of thiophene rings is 1. The summed E-state index contributed by atoms with van der Waals surface area (Å²) in [4.78, 5) is 4.02. The molecule has 1 fully saturated rings. The third-order valence-electron chi connectivity index (χ3n) is 5.02. The van der Waals surface area contributed by atoms with Gasteiger partial charge in [0.1, 0.15) is 0 Å². The zero-order valence-electron chi connectivity index (χ0n) is 15.2. The van der Waals surface area contributed by atoms with Crippen molar-refractivity contribution >= 4 is 21.5 Å². The van der Waals surface area contributed by atoms with E-state index in [0.29, 0.717) is 5.92 Å². The molecule has 1 aliphatic heterocycles. The van der Waals surface area contributed by atoms with Gasteiger partial charge in [-0.1, -0.05) is 37.6 Å². The molecule has 0 aliphatic carbocycles. The molecule has 2 atom stereocenters. The highest BCUT2D eigenvalue weighted by molar-refractivity contribution is 7.86.